The van der Waals surface area contributed by atoms with Gasteiger partial charge in [-0.05, 0) is 12.0 Å². The number of hydrogen-bond donors (Lipinski definition) is 2. The number of amides is 3. The van der Waals surface area contributed by atoms with E-state index in [1.807, 2.05) is 30.3 Å². The maximum atomic E-state index is 11.9. The minimum absolute atomic E-state index is 0.109. The van der Waals surface area contributed by atoms with Crippen LogP contribution in [0.25, 0.3) is 0 Å². The van der Waals surface area contributed by atoms with E-state index in [1.165, 1.54) is 0 Å². The molecule has 1 aromatic carbocycles. The number of carboxylic acid groups (broad SMARTS) is 1. The van der Waals surface area contributed by atoms with Crippen molar-refractivity contribution >= 4 is 17.9 Å². The molecule has 0 bridgehead atoms. The van der Waals surface area contributed by atoms with Gasteiger partial charge in [0.15, 0.2) is 0 Å². The molecule has 1 aliphatic rings. The first kappa shape index (κ1) is 13.1. The van der Waals surface area contributed by atoms with Gasteiger partial charge < -0.3 is 10.4 Å². The lowest BCUT2D eigenvalue weighted by Gasteiger charge is -2.11. The minimum Gasteiger partial charge on any atom is -0.480 e. The number of rotatable bonds is 4. The zero-order valence-electron chi connectivity index (χ0n) is 10.2. The largest absolute Gasteiger partial charge is 0.480 e. The molecule has 3 amide bonds. The van der Waals surface area contributed by atoms with Gasteiger partial charge in [-0.15, -0.1) is 0 Å². The fourth-order valence-corrected chi connectivity index (χ4v) is 1.92. The Kier molecular flexibility index (Phi) is 3.79. The molecule has 0 radical (unpaired) electrons. The SMILES string of the molecule is O=C(O)[C@@H]1CN(C(=O)CCc2ccccc2)C(=O)N1. The summed E-state index contributed by atoms with van der Waals surface area (Å²) in [7, 11) is 0. The number of carboxylic acids is 1. The van der Waals surface area contributed by atoms with E-state index in [1.54, 1.807) is 0 Å². The maximum Gasteiger partial charge on any atom is 0.328 e. The first-order chi connectivity index (χ1) is 9.08. The summed E-state index contributed by atoms with van der Waals surface area (Å²) in [6.45, 7) is -0.109. The highest BCUT2D eigenvalue weighted by atomic mass is 16.4. The average molecular weight is 262 g/mol. The topological polar surface area (TPSA) is 86.7 Å². The van der Waals surface area contributed by atoms with Crippen LogP contribution in [0.15, 0.2) is 30.3 Å². The number of imide groups is 1. The Bertz CT molecular complexity index is 501. The lowest BCUT2D eigenvalue weighted by molar-refractivity contribution is -0.138. The molecular weight excluding hydrogens is 248 g/mol. The van der Waals surface area contributed by atoms with Crippen molar-refractivity contribution in [2.45, 2.75) is 18.9 Å². The summed E-state index contributed by atoms with van der Waals surface area (Å²) in [4.78, 5) is 35.0. The summed E-state index contributed by atoms with van der Waals surface area (Å²) in [6.07, 6.45) is 0.713. The number of aliphatic carboxylic acids is 1. The Hall–Kier alpha value is -2.37. The molecule has 6 nitrogen and oxygen atoms in total. The van der Waals surface area contributed by atoms with Gasteiger partial charge in [0.05, 0.1) is 6.54 Å². The molecule has 0 unspecified atom stereocenters. The number of carbonyl (C=O) groups is 3. The number of nitrogens with zero attached hydrogens (tertiary/aromatic N) is 1. The number of urea groups is 1. The van der Waals surface area contributed by atoms with Crippen LogP contribution in [0.1, 0.15) is 12.0 Å². The second-order valence-electron chi connectivity index (χ2n) is 4.33. The summed E-state index contributed by atoms with van der Waals surface area (Å²) >= 11 is 0. The van der Waals surface area contributed by atoms with Gasteiger partial charge in [-0.1, -0.05) is 30.3 Å². The van der Waals surface area contributed by atoms with Gasteiger partial charge in [0.25, 0.3) is 0 Å². The van der Waals surface area contributed by atoms with E-state index in [4.69, 9.17) is 5.11 Å². The molecule has 1 fully saturated rings. The molecule has 1 atom stereocenters. The summed E-state index contributed by atoms with van der Waals surface area (Å²) in [5.74, 6) is -1.49. The Balaban J connectivity index is 1.90. The maximum absolute atomic E-state index is 11.9. The average Bonchev–Trinajstić information content (AvgIpc) is 2.80. The molecule has 0 spiro atoms. The minimum atomic E-state index is -1.13. The third-order valence-corrected chi connectivity index (χ3v) is 2.98. The zero-order valence-corrected chi connectivity index (χ0v) is 10.2. The number of hydrogen-bond acceptors (Lipinski definition) is 3. The second kappa shape index (κ2) is 5.51. The van der Waals surface area contributed by atoms with Gasteiger partial charge in [0, 0.05) is 6.42 Å². The Morgan fingerprint density at radius 1 is 1.32 bits per heavy atom. The van der Waals surface area contributed by atoms with E-state index in [0.29, 0.717) is 6.42 Å². The van der Waals surface area contributed by atoms with Crippen molar-refractivity contribution < 1.29 is 19.5 Å². The molecule has 1 heterocycles. The van der Waals surface area contributed by atoms with Crippen molar-refractivity contribution in [3.63, 3.8) is 0 Å². The highest BCUT2D eigenvalue weighted by Crippen LogP contribution is 2.09. The van der Waals surface area contributed by atoms with Crippen molar-refractivity contribution in [3.8, 4) is 0 Å². The lowest BCUT2D eigenvalue weighted by atomic mass is 10.1. The van der Waals surface area contributed by atoms with Crippen molar-refractivity contribution in [2.75, 3.05) is 6.54 Å². The summed E-state index contributed by atoms with van der Waals surface area (Å²) in [5, 5.41) is 11.0. The van der Waals surface area contributed by atoms with Gasteiger partial charge in [0.1, 0.15) is 6.04 Å². The van der Waals surface area contributed by atoms with Gasteiger partial charge in [-0.2, -0.15) is 0 Å². The zero-order chi connectivity index (χ0) is 13.8. The lowest BCUT2D eigenvalue weighted by Crippen LogP contribution is -2.34. The molecule has 0 aliphatic carbocycles. The molecule has 6 heteroatoms. The fourth-order valence-electron chi connectivity index (χ4n) is 1.92. The first-order valence-electron chi connectivity index (χ1n) is 5.95. The molecule has 0 saturated carbocycles. The van der Waals surface area contributed by atoms with Crippen LogP contribution in [0, 0.1) is 0 Å². The number of carbonyl (C=O) groups excluding carboxylic acids is 2. The summed E-state index contributed by atoms with van der Waals surface area (Å²) in [5.41, 5.74) is 1.00. The molecule has 1 aliphatic heterocycles. The molecule has 1 aromatic rings. The van der Waals surface area contributed by atoms with Crippen molar-refractivity contribution in [1.29, 1.82) is 0 Å². The predicted molar refractivity (Wildman–Crippen MR) is 66.4 cm³/mol. The highest BCUT2D eigenvalue weighted by molar-refractivity contribution is 5.99. The van der Waals surface area contributed by atoms with Crippen LogP contribution in [-0.4, -0.2) is 40.5 Å². The Morgan fingerprint density at radius 3 is 2.58 bits per heavy atom. The third-order valence-electron chi connectivity index (χ3n) is 2.98. The molecule has 1 saturated heterocycles. The van der Waals surface area contributed by atoms with Crippen LogP contribution in [-0.2, 0) is 16.0 Å². The summed E-state index contributed by atoms with van der Waals surface area (Å²) < 4.78 is 0. The number of aryl methyl sites for hydroxylation is 1. The molecule has 2 N–H and O–H groups in total. The van der Waals surface area contributed by atoms with Gasteiger partial charge in [-0.3, -0.25) is 9.69 Å². The van der Waals surface area contributed by atoms with Crippen LogP contribution in [0.2, 0.25) is 0 Å². The normalized spacial score (nSPS) is 18.2. The monoisotopic (exact) mass is 262 g/mol. The van der Waals surface area contributed by atoms with E-state index in [9.17, 15) is 14.4 Å². The van der Waals surface area contributed by atoms with Crippen LogP contribution in [0.3, 0.4) is 0 Å². The van der Waals surface area contributed by atoms with E-state index in [-0.39, 0.29) is 18.9 Å². The van der Waals surface area contributed by atoms with Crippen LogP contribution in [0.5, 0.6) is 0 Å². The van der Waals surface area contributed by atoms with Crippen molar-refractivity contribution in [1.82, 2.24) is 10.2 Å². The van der Waals surface area contributed by atoms with E-state index >= 15 is 0 Å². The molecule has 19 heavy (non-hydrogen) atoms. The molecule has 100 valence electrons. The first-order valence-corrected chi connectivity index (χ1v) is 5.95. The van der Waals surface area contributed by atoms with Gasteiger partial charge in [0.2, 0.25) is 5.91 Å². The van der Waals surface area contributed by atoms with E-state index in [2.05, 4.69) is 5.32 Å². The molecular formula is C13H14N2O4. The second-order valence-corrected chi connectivity index (χ2v) is 4.33. The van der Waals surface area contributed by atoms with Crippen LogP contribution in [0.4, 0.5) is 4.79 Å². The van der Waals surface area contributed by atoms with E-state index in [0.717, 1.165) is 10.5 Å². The highest BCUT2D eigenvalue weighted by Gasteiger charge is 2.36. The van der Waals surface area contributed by atoms with Crippen LogP contribution < -0.4 is 5.32 Å². The quantitative estimate of drug-likeness (QED) is 0.833. The summed E-state index contributed by atoms with van der Waals surface area (Å²) in [6, 6.07) is 7.80. The standard InChI is InChI=1S/C13H14N2O4/c16-11(7-6-9-4-2-1-3-5-9)15-8-10(12(17)18)14-13(15)19/h1-5,10H,6-8H2,(H,14,19)(H,17,18)/t10-/m0/s1. The smallest absolute Gasteiger partial charge is 0.328 e. The third kappa shape index (κ3) is 3.09. The Morgan fingerprint density at radius 2 is 2.00 bits per heavy atom. The van der Waals surface area contributed by atoms with Crippen molar-refractivity contribution in [2.24, 2.45) is 0 Å². The number of benzene rings is 1. The molecule has 0 aromatic heterocycles. The van der Waals surface area contributed by atoms with Gasteiger partial charge in [-0.25, -0.2) is 9.59 Å². The number of nitrogens with one attached hydrogen (secondary N) is 1. The van der Waals surface area contributed by atoms with E-state index < -0.39 is 18.0 Å². The van der Waals surface area contributed by atoms with Gasteiger partial charge >= 0.3 is 12.0 Å². The fraction of sp³-hybridized carbons (Fsp3) is 0.308. The van der Waals surface area contributed by atoms with Crippen LogP contribution >= 0.6 is 0 Å². The Labute approximate surface area is 110 Å². The predicted octanol–water partition coefficient (Wildman–Crippen LogP) is 0.624. The van der Waals surface area contributed by atoms with Crippen molar-refractivity contribution in [3.05, 3.63) is 35.9 Å². The molecule has 2 rings (SSSR count).